The van der Waals surface area contributed by atoms with Crippen molar-refractivity contribution in [3.8, 4) is 0 Å². The van der Waals surface area contributed by atoms with Crippen molar-refractivity contribution in [3.05, 3.63) is 64.1 Å². The molecule has 0 radical (unpaired) electrons. The van der Waals surface area contributed by atoms with E-state index in [-0.39, 0.29) is 5.56 Å². The van der Waals surface area contributed by atoms with Crippen LogP contribution in [0.1, 0.15) is 49.3 Å². The van der Waals surface area contributed by atoms with Gasteiger partial charge in [0.2, 0.25) is 5.56 Å². The molecule has 0 aliphatic carbocycles. The smallest absolute Gasteiger partial charge is 0.388 e. The highest BCUT2D eigenvalue weighted by Crippen LogP contribution is 2.32. The Bertz CT molecular complexity index is 789. The standard InChI is InChI=1S/C21H25F3N2O2/c22-21(23,24)17-5-7-18(8-6-17)26-12-10-15(11-13-26)2-1-3-19(27)16-4-9-20(28)25-14-16/h4-9,14-15,19,27H,1-3,10-13H2,(H,25,28). The van der Waals surface area contributed by atoms with Crippen molar-refractivity contribution in [3.63, 3.8) is 0 Å². The Labute approximate surface area is 162 Å². The van der Waals surface area contributed by atoms with Crippen LogP contribution in [0.5, 0.6) is 0 Å². The van der Waals surface area contributed by atoms with Gasteiger partial charge in [-0.05, 0) is 61.1 Å². The van der Waals surface area contributed by atoms with Gasteiger partial charge in [0.25, 0.3) is 0 Å². The number of anilines is 1. The molecule has 1 aliphatic rings. The molecule has 1 aromatic carbocycles. The number of aromatic nitrogens is 1. The maximum atomic E-state index is 12.7. The molecule has 0 saturated carbocycles. The average Bonchev–Trinajstić information content (AvgIpc) is 2.68. The fraction of sp³-hybridized carbons (Fsp3) is 0.476. The first kappa shape index (κ1) is 20.5. The highest BCUT2D eigenvalue weighted by Gasteiger charge is 2.30. The van der Waals surface area contributed by atoms with Gasteiger partial charge in [0.15, 0.2) is 0 Å². The normalized spacial score (nSPS) is 16.9. The number of H-pyrrole nitrogens is 1. The van der Waals surface area contributed by atoms with Crippen LogP contribution in [0.3, 0.4) is 0 Å². The van der Waals surface area contributed by atoms with E-state index in [9.17, 15) is 23.1 Å². The summed E-state index contributed by atoms with van der Waals surface area (Å²) in [4.78, 5) is 15.8. The van der Waals surface area contributed by atoms with E-state index < -0.39 is 17.8 Å². The van der Waals surface area contributed by atoms with Crippen LogP contribution in [0.2, 0.25) is 0 Å². The molecule has 1 atom stereocenters. The molecular weight excluding hydrogens is 369 g/mol. The van der Waals surface area contributed by atoms with Crippen molar-refractivity contribution in [2.75, 3.05) is 18.0 Å². The van der Waals surface area contributed by atoms with Crippen molar-refractivity contribution >= 4 is 5.69 Å². The summed E-state index contributed by atoms with van der Waals surface area (Å²) < 4.78 is 38.0. The van der Waals surface area contributed by atoms with Gasteiger partial charge in [0.1, 0.15) is 0 Å². The van der Waals surface area contributed by atoms with E-state index in [1.165, 1.54) is 6.07 Å². The molecule has 3 rings (SSSR count). The minimum absolute atomic E-state index is 0.184. The number of hydrogen-bond acceptors (Lipinski definition) is 3. The van der Waals surface area contributed by atoms with Gasteiger partial charge in [0.05, 0.1) is 11.7 Å². The van der Waals surface area contributed by atoms with E-state index in [0.29, 0.717) is 12.3 Å². The Morgan fingerprint density at radius 3 is 2.36 bits per heavy atom. The fourth-order valence-electron chi connectivity index (χ4n) is 3.74. The fourth-order valence-corrected chi connectivity index (χ4v) is 3.74. The summed E-state index contributed by atoms with van der Waals surface area (Å²) in [6.07, 6.45) is 1.22. The molecule has 1 saturated heterocycles. The van der Waals surface area contributed by atoms with E-state index in [1.807, 2.05) is 0 Å². The molecule has 1 fully saturated rings. The van der Waals surface area contributed by atoms with E-state index in [4.69, 9.17) is 0 Å². The largest absolute Gasteiger partial charge is 0.416 e. The number of rotatable bonds is 6. The monoisotopic (exact) mass is 394 g/mol. The van der Waals surface area contributed by atoms with Crippen molar-refractivity contribution in [2.24, 2.45) is 5.92 Å². The number of alkyl halides is 3. The first-order valence-electron chi connectivity index (χ1n) is 9.62. The second-order valence-electron chi connectivity index (χ2n) is 7.41. The quantitative estimate of drug-likeness (QED) is 0.758. The Kier molecular flexibility index (Phi) is 6.44. The molecular formula is C21H25F3N2O2. The predicted octanol–water partition coefficient (Wildman–Crippen LogP) is 4.51. The first-order chi connectivity index (χ1) is 13.3. The van der Waals surface area contributed by atoms with Crippen LogP contribution in [-0.2, 0) is 6.18 Å². The highest BCUT2D eigenvalue weighted by molar-refractivity contribution is 5.48. The van der Waals surface area contributed by atoms with Crippen LogP contribution in [-0.4, -0.2) is 23.2 Å². The SMILES string of the molecule is O=c1ccc(C(O)CCCC2CCN(c3ccc(C(F)(F)F)cc3)CC2)c[nH]1. The highest BCUT2D eigenvalue weighted by atomic mass is 19.4. The molecule has 0 amide bonds. The van der Waals surface area contributed by atoms with Gasteiger partial charge in [-0.25, -0.2) is 0 Å². The molecule has 4 nitrogen and oxygen atoms in total. The van der Waals surface area contributed by atoms with Gasteiger partial charge in [-0.15, -0.1) is 0 Å². The second kappa shape index (κ2) is 8.82. The van der Waals surface area contributed by atoms with E-state index >= 15 is 0 Å². The molecule has 152 valence electrons. The number of aliphatic hydroxyl groups excluding tert-OH is 1. The summed E-state index contributed by atoms with van der Waals surface area (Å²) in [5, 5.41) is 10.2. The minimum atomic E-state index is -4.30. The number of halogens is 3. The summed E-state index contributed by atoms with van der Waals surface area (Å²) >= 11 is 0. The number of aromatic amines is 1. The summed E-state index contributed by atoms with van der Waals surface area (Å²) in [6, 6.07) is 8.42. The van der Waals surface area contributed by atoms with Crippen LogP contribution < -0.4 is 10.5 Å². The molecule has 1 aliphatic heterocycles. The summed E-state index contributed by atoms with van der Waals surface area (Å²) in [5.41, 5.74) is 0.750. The van der Waals surface area contributed by atoms with Gasteiger partial charge in [-0.3, -0.25) is 4.79 Å². The summed E-state index contributed by atoms with van der Waals surface area (Å²) in [7, 11) is 0. The van der Waals surface area contributed by atoms with E-state index in [2.05, 4.69) is 9.88 Å². The topological polar surface area (TPSA) is 56.3 Å². The molecule has 1 aromatic heterocycles. The lowest BCUT2D eigenvalue weighted by molar-refractivity contribution is -0.137. The van der Waals surface area contributed by atoms with Gasteiger partial charge >= 0.3 is 6.18 Å². The van der Waals surface area contributed by atoms with Crippen molar-refractivity contribution in [1.29, 1.82) is 0 Å². The molecule has 1 unspecified atom stereocenters. The van der Waals surface area contributed by atoms with Crippen molar-refractivity contribution < 1.29 is 18.3 Å². The summed E-state index contributed by atoms with van der Waals surface area (Å²) in [6.45, 7) is 1.66. The summed E-state index contributed by atoms with van der Waals surface area (Å²) in [5.74, 6) is 0.563. The maximum absolute atomic E-state index is 12.7. The van der Waals surface area contributed by atoms with Crippen LogP contribution >= 0.6 is 0 Å². The van der Waals surface area contributed by atoms with E-state index in [0.717, 1.165) is 62.2 Å². The number of benzene rings is 1. The molecule has 0 spiro atoms. The third kappa shape index (κ3) is 5.38. The van der Waals surface area contributed by atoms with Gasteiger partial charge in [0, 0.05) is 31.0 Å². The van der Waals surface area contributed by atoms with Gasteiger partial charge in [-0.2, -0.15) is 13.2 Å². The zero-order valence-electron chi connectivity index (χ0n) is 15.6. The Balaban J connectivity index is 1.41. The van der Waals surface area contributed by atoms with Crippen molar-refractivity contribution in [1.82, 2.24) is 4.98 Å². The Hall–Kier alpha value is -2.28. The first-order valence-corrected chi connectivity index (χ1v) is 9.62. The lowest BCUT2D eigenvalue weighted by Crippen LogP contribution is -2.33. The Morgan fingerprint density at radius 1 is 1.11 bits per heavy atom. The number of hydrogen-bond donors (Lipinski definition) is 2. The third-order valence-electron chi connectivity index (χ3n) is 5.46. The molecule has 2 N–H and O–H groups in total. The zero-order valence-corrected chi connectivity index (χ0v) is 15.6. The minimum Gasteiger partial charge on any atom is -0.388 e. The number of pyridine rings is 1. The number of nitrogens with one attached hydrogen (secondary N) is 1. The van der Waals surface area contributed by atoms with Gasteiger partial charge in [-0.1, -0.05) is 12.8 Å². The van der Waals surface area contributed by atoms with Crippen LogP contribution in [0.15, 0.2) is 47.4 Å². The van der Waals surface area contributed by atoms with Crippen molar-refractivity contribution in [2.45, 2.75) is 44.4 Å². The molecule has 2 heterocycles. The zero-order chi connectivity index (χ0) is 20.1. The Morgan fingerprint density at radius 2 is 1.79 bits per heavy atom. The third-order valence-corrected chi connectivity index (χ3v) is 5.46. The second-order valence-corrected chi connectivity index (χ2v) is 7.41. The lowest BCUT2D eigenvalue weighted by atomic mass is 9.90. The van der Waals surface area contributed by atoms with Gasteiger partial charge < -0.3 is 15.0 Å². The molecule has 28 heavy (non-hydrogen) atoms. The van der Waals surface area contributed by atoms with E-state index in [1.54, 1.807) is 24.4 Å². The maximum Gasteiger partial charge on any atom is 0.416 e. The molecule has 0 bridgehead atoms. The van der Waals surface area contributed by atoms with Crippen LogP contribution in [0.25, 0.3) is 0 Å². The number of nitrogens with zero attached hydrogens (tertiary/aromatic N) is 1. The molecule has 7 heteroatoms. The molecule has 2 aromatic rings. The predicted molar refractivity (Wildman–Crippen MR) is 102 cm³/mol. The average molecular weight is 394 g/mol. The number of piperidine rings is 1. The van der Waals surface area contributed by atoms with Crippen LogP contribution in [0.4, 0.5) is 18.9 Å². The number of aliphatic hydroxyl groups is 1. The lowest BCUT2D eigenvalue weighted by Gasteiger charge is -2.34. The van der Waals surface area contributed by atoms with Crippen LogP contribution in [0, 0.1) is 5.92 Å².